The second kappa shape index (κ2) is 8.64. The summed E-state index contributed by atoms with van der Waals surface area (Å²) < 4.78 is 11.9. The number of rotatable bonds is 8. The van der Waals surface area contributed by atoms with Crippen molar-refractivity contribution in [3.63, 3.8) is 0 Å². The van der Waals surface area contributed by atoms with E-state index in [2.05, 4.69) is 16.5 Å². The quantitative estimate of drug-likeness (QED) is 0.575. The van der Waals surface area contributed by atoms with Crippen LogP contribution >= 0.6 is 0 Å². The van der Waals surface area contributed by atoms with Crippen molar-refractivity contribution in [3.8, 4) is 11.6 Å². The standard InChI is InChI=1S/C21H20N2O2/c1-2-9-19-20(24-14-17-10-5-3-6-11-17)21(23-16-22-19)25-15-18-12-7-4-8-13-18/h2-8,10-13,16H,1,9,14-15H2. The van der Waals surface area contributed by atoms with Crippen LogP contribution in [0.5, 0.6) is 11.6 Å². The van der Waals surface area contributed by atoms with Gasteiger partial charge in [0.25, 0.3) is 5.88 Å². The molecule has 3 rings (SSSR count). The zero-order valence-electron chi connectivity index (χ0n) is 14.0. The van der Waals surface area contributed by atoms with Crippen molar-refractivity contribution in [1.82, 2.24) is 9.97 Å². The lowest BCUT2D eigenvalue weighted by molar-refractivity contribution is 0.243. The molecule has 0 saturated heterocycles. The Morgan fingerprint density at radius 2 is 1.40 bits per heavy atom. The lowest BCUT2D eigenvalue weighted by Gasteiger charge is -2.14. The highest BCUT2D eigenvalue weighted by Crippen LogP contribution is 2.29. The van der Waals surface area contributed by atoms with Crippen molar-refractivity contribution in [2.24, 2.45) is 0 Å². The first-order valence-corrected chi connectivity index (χ1v) is 8.15. The van der Waals surface area contributed by atoms with Gasteiger partial charge >= 0.3 is 0 Å². The maximum absolute atomic E-state index is 6.00. The zero-order valence-corrected chi connectivity index (χ0v) is 14.0. The molecule has 0 fully saturated rings. The number of aromatic nitrogens is 2. The Morgan fingerprint density at radius 1 is 0.800 bits per heavy atom. The van der Waals surface area contributed by atoms with Gasteiger partial charge in [-0.05, 0) is 11.1 Å². The lowest BCUT2D eigenvalue weighted by Crippen LogP contribution is -2.06. The number of allylic oxidation sites excluding steroid dienone is 1. The third kappa shape index (κ3) is 4.67. The summed E-state index contributed by atoms with van der Waals surface area (Å²) in [7, 11) is 0. The van der Waals surface area contributed by atoms with Crippen molar-refractivity contribution in [3.05, 3.63) is 96.5 Å². The predicted molar refractivity (Wildman–Crippen MR) is 97.5 cm³/mol. The topological polar surface area (TPSA) is 44.2 Å². The van der Waals surface area contributed by atoms with Gasteiger partial charge in [-0.15, -0.1) is 6.58 Å². The molecule has 0 atom stereocenters. The molecule has 25 heavy (non-hydrogen) atoms. The van der Waals surface area contributed by atoms with Gasteiger partial charge in [-0.3, -0.25) is 0 Å². The Labute approximate surface area is 147 Å². The van der Waals surface area contributed by atoms with Crippen LogP contribution in [0, 0.1) is 0 Å². The second-order valence-corrected chi connectivity index (χ2v) is 5.50. The Hall–Kier alpha value is -3.14. The molecule has 0 saturated carbocycles. The van der Waals surface area contributed by atoms with Crippen LogP contribution in [-0.2, 0) is 19.6 Å². The van der Waals surface area contributed by atoms with Gasteiger partial charge in [-0.1, -0.05) is 66.7 Å². The number of nitrogens with zero attached hydrogens (tertiary/aromatic N) is 2. The molecule has 2 aromatic carbocycles. The maximum atomic E-state index is 6.00. The molecule has 1 aromatic heterocycles. The SMILES string of the molecule is C=CCc1ncnc(OCc2ccccc2)c1OCc1ccccc1. The Balaban J connectivity index is 1.78. The van der Waals surface area contributed by atoms with E-state index in [0.717, 1.165) is 16.8 Å². The zero-order chi connectivity index (χ0) is 17.3. The van der Waals surface area contributed by atoms with Crippen LogP contribution in [0.3, 0.4) is 0 Å². The van der Waals surface area contributed by atoms with Crippen LogP contribution in [0.15, 0.2) is 79.6 Å². The molecule has 4 heteroatoms. The molecule has 0 amide bonds. The average Bonchev–Trinajstić information content (AvgIpc) is 2.67. The molecule has 0 radical (unpaired) electrons. The number of benzene rings is 2. The fourth-order valence-corrected chi connectivity index (χ4v) is 2.38. The number of hydrogen-bond acceptors (Lipinski definition) is 4. The van der Waals surface area contributed by atoms with Crippen molar-refractivity contribution in [1.29, 1.82) is 0 Å². The molecule has 126 valence electrons. The van der Waals surface area contributed by atoms with Crippen molar-refractivity contribution < 1.29 is 9.47 Å². The first kappa shape index (κ1) is 16.7. The van der Waals surface area contributed by atoms with Gasteiger partial charge in [0, 0.05) is 6.42 Å². The predicted octanol–water partition coefficient (Wildman–Crippen LogP) is 4.36. The highest BCUT2D eigenvalue weighted by atomic mass is 16.5. The molecule has 0 aliphatic carbocycles. The van der Waals surface area contributed by atoms with E-state index in [1.54, 1.807) is 6.08 Å². The highest BCUT2D eigenvalue weighted by Gasteiger charge is 2.14. The summed E-state index contributed by atoms with van der Waals surface area (Å²) >= 11 is 0. The summed E-state index contributed by atoms with van der Waals surface area (Å²) in [5, 5.41) is 0. The van der Waals surface area contributed by atoms with E-state index in [1.165, 1.54) is 6.33 Å². The van der Waals surface area contributed by atoms with Crippen LogP contribution in [0.1, 0.15) is 16.8 Å². The van der Waals surface area contributed by atoms with E-state index < -0.39 is 0 Å². The molecule has 0 aliphatic rings. The third-order valence-electron chi connectivity index (χ3n) is 3.63. The van der Waals surface area contributed by atoms with E-state index >= 15 is 0 Å². The van der Waals surface area contributed by atoms with E-state index in [1.807, 2.05) is 60.7 Å². The van der Waals surface area contributed by atoms with Gasteiger partial charge in [0.05, 0.1) is 5.69 Å². The normalized spacial score (nSPS) is 10.2. The lowest BCUT2D eigenvalue weighted by atomic mass is 10.2. The molecule has 0 bridgehead atoms. The Bertz CT molecular complexity index is 805. The minimum absolute atomic E-state index is 0.424. The van der Waals surface area contributed by atoms with Crippen molar-refractivity contribution in [2.45, 2.75) is 19.6 Å². The van der Waals surface area contributed by atoms with Crippen molar-refractivity contribution >= 4 is 0 Å². The summed E-state index contributed by atoms with van der Waals surface area (Å²) in [6.45, 7) is 4.64. The molecule has 4 nitrogen and oxygen atoms in total. The molecular weight excluding hydrogens is 312 g/mol. The van der Waals surface area contributed by atoms with Crippen LogP contribution in [0.4, 0.5) is 0 Å². The molecule has 0 aliphatic heterocycles. The molecule has 3 aromatic rings. The van der Waals surface area contributed by atoms with Crippen LogP contribution in [-0.4, -0.2) is 9.97 Å². The second-order valence-electron chi connectivity index (χ2n) is 5.50. The van der Waals surface area contributed by atoms with Crippen LogP contribution in [0.2, 0.25) is 0 Å². The molecule has 0 unspecified atom stereocenters. The Morgan fingerprint density at radius 3 is 2.00 bits per heavy atom. The maximum Gasteiger partial charge on any atom is 0.260 e. The van der Waals surface area contributed by atoms with Gasteiger partial charge in [0.15, 0.2) is 0 Å². The van der Waals surface area contributed by atoms with Gasteiger partial charge in [0.1, 0.15) is 19.5 Å². The fraction of sp³-hybridized carbons (Fsp3) is 0.143. The van der Waals surface area contributed by atoms with Gasteiger partial charge in [-0.2, -0.15) is 4.98 Å². The van der Waals surface area contributed by atoms with E-state index in [9.17, 15) is 0 Å². The number of ether oxygens (including phenoxy) is 2. The van der Waals surface area contributed by atoms with E-state index in [4.69, 9.17) is 9.47 Å². The smallest absolute Gasteiger partial charge is 0.260 e. The fourth-order valence-electron chi connectivity index (χ4n) is 2.38. The molecule has 1 heterocycles. The summed E-state index contributed by atoms with van der Waals surface area (Å²) in [5.41, 5.74) is 2.91. The van der Waals surface area contributed by atoms with E-state index in [-0.39, 0.29) is 0 Å². The summed E-state index contributed by atoms with van der Waals surface area (Å²) in [4.78, 5) is 8.57. The molecular formula is C21H20N2O2. The minimum atomic E-state index is 0.424. The molecule has 0 spiro atoms. The van der Waals surface area contributed by atoms with Crippen molar-refractivity contribution in [2.75, 3.05) is 0 Å². The molecule has 0 N–H and O–H groups in total. The first-order chi connectivity index (χ1) is 12.4. The summed E-state index contributed by atoms with van der Waals surface area (Å²) in [6.07, 6.45) is 3.88. The Kier molecular flexibility index (Phi) is 5.77. The largest absolute Gasteiger partial charge is 0.482 e. The first-order valence-electron chi connectivity index (χ1n) is 8.15. The van der Waals surface area contributed by atoms with Crippen LogP contribution < -0.4 is 9.47 Å². The number of hydrogen-bond donors (Lipinski definition) is 0. The average molecular weight is 332 g/mol. The third-order valence-corrected chi connectivity index (χ3v) is 3.63. The van der Waals surface area contributed by atoms with Gasteiger partial charge in [-0.25, -0.2) is 4.98 Å². The van der Waals surface area contributed by atoms with Gasteiger partial charge < -0.3 is 9.47 Å². The van der Waals surface area contributed by atoms with E-state index in [0.29, 0.717) is 31.3 Å². The monoisotopic (exact) mass is 332 g/mol. The minimum Gasteiger partial charge on any atom is -0.482 e. The van der Waals surface area contributed by atoms with Gasteiger partial charge in [0.2, 0.25) is 5.75 Å². The summed E-state index contributed by atoms with van der Waals surface area (Å²) in [5.74, 6) is 1.02. The highest BCUT2D eigenvalue weighted by molar-refractivity contribution is 5.38. The van der Waals surface area contributed by atoms with Crippen LogP contribution in [0.25, 0.3) is 0 Å². The summed E-state index contributed by atoms with van der Waals surface area (Å²) in [6, 6.07) is 19.9.